The van der Waals surface area contributed by atoms with E-state index in [1.165, 1.54) is 58.0 Å². The van der Waals surface area contributed by atoms with Gasteiger partial charge in [-0.3, -0.25) is 4.90 Å². The van der Waals surface area contributed by atoms with E-state index >= 15 is 0 Å². The Morgan fingerprint density at radius 1 is 1.13 bits per heavy atom. The molecule has 1 aliphatic heterocycles. The van der Waals surface area contributed by atoms with Crippen LogP contribution in [0.5, 0.6) is 0 Å². The molecule has 0 radical (unpaired) electrons. The highest BCUT2D eigenvalue weighted by Crippen LogP contribution is 2.27. The third kappa shape index (κ3) is 3.18. The van der Waals surface area contributed by atoms with Gasteiger partial charge in [0.05, 0.1) is 6.17 Å². The molecule has 0 aromatic heterocycles. The lowest BCUT2D eigenvalue weighted by atomic mass is 9.87. The molecule has 2 rings (SSSR count). The van der Waals surface area contributed by atoms with Crippen LogP contribution in [0, 0.1) is 11.8 Å². The number of rotatable bonds is 2. The van der Waals surface area contributed by atoms with Gasteiger partial charge in [-0.2, -0.15) is 0 Å². The minimum atomic E-state index is 0.343. The highest BCUT2D eigenvalue weighted by Gasteiger charge is 2.25. The summed E-state index contributed by atoms with van der Waals surface area (Å²) in [5.74, 6) is 1.78. The molecule has 1 saturated carbocycles. The maximum atomic E-state index is 6.21. The van der Waals surface area contributed by atoms with E-state index in [2.05, 4.69) is 11.8 Å². The maximum Gasteiger partial charge on any atom is 0.0574 e. The van der Waals surface area contributed by atoms with Gasteiger partial charge in [0.1, 0.15) is 0 Å². The lowest BCUT2D eigenvalue weighted by Gasteiger charge is -2.39. The molecule has 0 aromatic rings. The average Bonchev–Trinajstić information content (AvgIpc) is 2.24. The third-order valence-electron chi connectivity index (χ3n) is 4.24. The van der Waals surface area contributed by atoms with E-state index in [0.29, 0.717) is 6.17 Å². The summed E-state index contributed by atoms with van der Waals surface area (Å²) in [6, 6.07) is 0. The molecule has 2 unspecified atom stereocenters. The first-order chi connectivity index (χ1) is 7.25. The Bertz CT molecular complexity index is 187. The van der Waals surface area contributed by atoms with Gasteiger partial charge in [0.2, 0.25) is 0 Å². The Morgan fingerprint density at radius 3 is 2.53 bits per heavy atom. The fraction of sp³-hybridized carbons (Fsp3) is 1.00. The number of nitrogens with zero attached hydrogens (tertiary/aromatic N) is 1. The van der Waals surface area contributed by atoms with Crippen molar-refractivity contribution < 1.29 is 0 Å². The van der Waals surface area contributed by atoms with Crippen LogP contribution in [0.2, 0.25) is 0 Å². The number of hydrogen-bond acceptors (Lipinski definition) is 2. The van der Waals surface area contributed by atoms with Gasteiger partial charge in [-0.1, -0.05) is 26.2 Å². The summed E-state index contributed by atoms with van der Waals surface area (Å²) >= 11 is 0. The van der Waals surface area contributed by atoms with Crippen molar-refractivity contribution in [2.24, 2.45) is 17.6 Å². The van der Waals surface area contributed by atoms with Crippen molar-refractivity contribution in [2.45, 2.75) is 58.0 Å². The first kappa shape index (κ1) is 11.4. The standard InChI is InChI=1S/C13H26N2/c1-11-7-8-15(13(14)9-11)10-12-5-3-2-4-6-12/h11-13H,2-10,14H2,1H3. The third-order valence-corrected chi connectivity index (χ3v) is 4.24. The van der Waals surface area contributed by atoms with Gasteiger partial charge in [0.15, 0.2) is 0 Å². The van der Waals surface area contributed by atoms with Crippen molar-refractivity contribution in [3.63, 3.8) is 0 Å². The highest BCUT2D eigenvalue weighted by atomic mass is 15.2. The number of hydrogen-bond donors (Lipinski definition) is 1. The monoisotopic (exact) mass is 210 g/mol. The molecule has 0 spiro atoms. The molecule has 2 atom stereocenters. The van der Waals surface area contributed by atoms with Gasteiger partial charge in [0, 0.05) is 6.54 Å². The molecular weight excluding hydrogens is 184 g/mol. The molecule has 2 N–H and O–H groups in total. The summed E-state index contributed by atoms with van der Waals surface area (Å²) in [7, 11) is 0. The summed E-state index contributed by atoms with van der Waals surface area (Å²) in [5, 5.41) is 0. The normalized spacial score (nSPS) is 35.6. The van der Waals surface area contributed by atoms with Crippen molar-refractivity contribution in [3.05, 3.63) is 0 Å². The maximum absolute atomic E-state index is 6.21. The SMILES string of the molecule is CC1CCN(CC2CCCCC2)C(N)C1. The van der Waals surface area contributed by atoms with Crippen LogP contribution >= 0.6 is 0 Å². The summed E-state index contributed by atoms with van der Waals surface area (Å²) in [6.45, 7) is 4.84. The molecule has 88 valence electrons. The minimum Gasteiger partial charge on any atom is -0.316 e. The summed E-state index contributed by atoms with van der Waals surface area (Å²) in [5.41, 5.74) is 6.21. The lowest BCUT2D eigenvalue weighted by Crippen LogP contribution is -2.49. The summed E-state index contributed by atoms with van der Waals surface area (Å²) in [6.07, 6.45) is 10.1. The quantitative estimate of drug-likeness (QED) is 0.759. The molecule has 2 heteroatoms. The van der Waals surface area contributed by atoms with E-state index in [1.807, 2.05) is 0 Å². The van der Waals surface area contributed by atoms with Gasteiger partial charge in [0.25, 0.3) is 0 Å². The van der Waals surface area contributed by atoms with Crippen LogP contribution in [-0.4, -0.2) is 24.2 Å². The van der Waals surface area contributed by atoms with Gasteiger partial charge in [-0.25, -0.2) is 0 Å². The van der Waals surface area contributed by atoms with Gasteiger partial charge in [-0.05, 0) is 44.1 Å². The Balaban J connectivity index is 1.77. The first-order valence-corrected chi connectivity index (χ1v) is 6.75. The Morgan fingerprint density at radius 2 is 1.87 bits per heavy atom. The fourth-order valence-electron chi connectivity index (χ4n) is 3.16. The van der Waals surface area contributed by atoms with Crippen LogP contribution in [0.3, 0.4) is 0 Å². The lowest BCUT2D eigenvalue weighted by molar-refractivity contribution is 0.0933. The molecular formula is C13H26N2. The van der Waals surface area contributed by atoms with E-state index in [9.17, 15) is 0 Å². The van der Waals surface area contributed by atoms with Gasteiger partial charge in [-0.15, -0.1) is 0 Å². The van der Waals surface area contributed by atoms with E-state index in [-0.39, 0.29) is 0 Å². The largest absolute Gasteiger partial charge is 0.316 e. The van der Waals surface area contributed by atoms with Crippen molar-refractivity contribution >= 4 is 0 Å². The zero-order chi connectivity index (χ0) is 10.7. The van der Waals surface area contributed by atoms with E-state index < -0.39 is 0 Å². The van der Waals surface area contributed by atoms with E-state index in [0.717, 1.165) is 11.8 Å². The molecule has 0 aromatic carbocycles. The smallest absolute Gasteiger partial charge is 0.0574 e. The van der Waals surface area contributed by atoms with Gasteiger partial charge >= 0.3 is 0 Å². The van der Waals surface area contributed by atoms with Gasteiger partial charge < -0.3 is 5.73 Å². The van der Waals surface area contributed by atoms with Crippen molar-refractivity contribution in [2.75, 3.05) is 13.1 Å². The van der Waals surface area contributed by atoms with Crippen LogP contribution in [0.25, 0.3) is 0 Å². The average molecular weight is 210 g/mol. The second kappa shape index (κ2) is 5.31. The second-order valence-corrected chi connectivity index (χ2v) is 5.70. The van der Waals surface area contributed by atoms with Crippen LogP contribution in [-0.2, 0) is 0 Å². The van der Waals surface area contributed by atoms with Crippen LogP contribution in [0.4, 0.5) is 0 Å². The van der Waals surface area contributed by atoms with Crippen LogP contribution < -0.4 is 5.73 Å². The fourth-order valence-corrected chi connectivity index (χ4v) is 3.16. The van der Waals surface area contributed by atoms with Crippen molar-refractivity contribution in [1.82, 2.24) is 4.90 Å². The van der Waals surface area contributed by atoms with Crippen molar-refractivity contribution in [3.8, 4) is 0 Å². The van der Waals surface area contributed by atoms with E-state index in [4.69, 9.17) is 5.73 Å². The zero-order valence-electron chi connectivity index (χ0n) is 10.1. The van der Waals surface area contributed by atoms with Crippen LogP contribution in [0.15, 0.2) is 0 Å². The predicted octanol–water partition coefficient (Wildman–Crippen LogP) is 2.58. The first-order valence-electron chi connectivity index (χ1n) is 6.75. The molecule has 2 aliphatic rings. The van der Waals surface area contributed by atoms with Crippen molar-refractivity contribution in [1.29, 1.82) is 0 Å². The minimum absolute atomic E-state index is 0.343. The Kier molecular flexibility index (Phi) is 4.04. The Labute approximate surface area is 94.2 Å². The van der Waals surface area contributed by atoms with Crippen LogP contribution in [0.1, 0.15) is 51.9 Å². The summed E-state index contributed by atoms with van der Waals surface area (Å²) in [4.78, 5) is 2.54. The molecule has 1 saturated heterocycles. The molecule has 0 bridgehead atoms. The molecule has 15 heavy (non-hydrogen) atoms. The molecule has 0 amide bonds. The molecule has 1 aliphatic carbocycles. The zero-order valence-corrected chi connectivity index (χ0v) is 10.1. The van der Waals surface area contributed by atoms with E-state index in [1.54, 1.807) is 0 Å². The molecule has 2 nitrogen and oxygen atoms in total. The number of piperidine rings is 1. The number of likely N-dealkylation sites (tertiary alicyclic amines) is 1. The number of nitrogens with two attached hydrogens (primary N) is 1. The molecule has 2 fully saturated rings. The highest BCUT2D eigenvalue weighted by molar-refractivity contribution is 4.79. The topological polar surface area (TPSA) is 29.3 Å². The predicted molar refractivity (Wildman–Crippen MR) is 64.5 cm³/mol. The Hall–Kier alpha value is -0.0800. The summed E-state index contributed by atoms with van der Waals surface area (Å²) < 4.78 is 0. The second-order valence-electron chi connectivity index (χ2n) is 5.70. The molecule has 1 heterocycles.